The van der Waals surface area contributed by atoms with E-state index in [0.29, 0.717) is 0 Å². The number of allylic oxidation sites excluding steroid dienone is 2. The van der Waals surface area contributed by atoms with Gasteiger partial charge in [0.05, 0.1) is 6.04 Å². The minimum absolute atomic E-state index is 0.0614. The topological polar surface area (TPSA) is 45.4 Å². The van der Waals surface area contributed by atoms with Gasteiger partial charge in [-0.25, -0.2) is 0 Å². The second kappa shape index (κ2) is 14.6. The third-order valence-corrected chi connectivity index (χ3v) is 5.57. The van der Waals surface area contributed by atoms with E-state index in [1.165, 1.54) is 76.2 Å². The van der Waals surface area contributed by atoms with E-state index in [-0.39, 0.29) is 17.8 Å². The molecule has 0 spiro atoms. The molecule has 2 N–H and O–H groups in total. The second-order valence-corrected chi connectivity index (χ2v) is 8.00. The molecule has 0 aliphatic carbocycles. The van der Waals surface area contributed by atoms with Crippen molar-refractivity contribution in [2.75, 3.05) is 0 Å². The fraction of sp³-hybridized carbons (Fsp3) is 0.750. The fourth-order valence-electron chi connectivity index (χ4n) is 3.82. The minimum Gasteiger partial charge on any atom is -0.494 e. The summed E-state index contributed by atoms with van der Waals surface area (Å²) in [6.45, 7) is 6.64. The largest absolute Gasteiger partial charge is 0.494 e. The highest BCUT2D eigenvalue weighted by Gasteiger charge is 2.18. The molecule has 0 saturated carbocycles. The Morgan fingerprint density at radius 1 is 0.815 bits per heavy atom. The molecule has 0 saturated heterocycles. The maximum atomic E-state index is 10.2. The highest BCUT2D eigenvalue weighted by molar-refractivity contribution is 5.28. The zero-order chi connectivity index (χ0) is 19.9. The van der Waals surface area contributed by atoms with Crippen LogP contribution in [0.5, 0.6) is 11.8 Å². The van der Waals surface area contributed by atoms with E-state index in [9.17, 15) is 10.2 Å². The SMILES string of the molecule is CCCCCCC=C(C)C(CCCCCCCCCC)n1c(O)ccc1O. The van der Waals surface area contributed by atoms with E-state index in [1.54, 1.807) is 16.7 Å². The van der Waals surface area contributed by atoms with Gasteiger partial charge in [-0.05, 0) is 26.2 Å². The molecule has 0 aromatic carbocycles. The zero-order valence-electron chi connectivity index (χ0n) is 18.1. The summed E-state index contributed by atoms with van der Waals surface area (Å²) in [5.74, 6) is 0.326. The standard InChI is InChI=1S/C24H43NO2/c1-4-6-8-10-11-12-14-16-18-22(25-23(26)19-20-24(25)27)21(3)17-15-13-9-7-5-2/h17,19-20,22,26-27H,4-16,18H2,1-3H3. The molecule has 156 valence electrons. The molecule has 0 fully saturated rings. The molecule has 0 aliphatic heterocycles. The van der Waals surface area contributed by atoms with Crippen molar-refractivity contribution in [2.45, 2.75) is 117 Å². The first-order valence-electron chi connectivity index (χ1n) is 11.4. The van der Waals surface area contributed by atoms with Crippen LogP contribution in [0, 0.1) is 0 Å². The smallest absolute Gasteiger partial charge is 0.194 e. The summed E-state index contributed by atoms with van der Waals surface area (Å²) in [5, 5.41) is 20.4. The van der Waals surface area contributed by atoms with Crippen LogP contribution in [-0.2, 0) is 0 Å². The third kappa shape index (κ3) is 9.39. The van der Waals surface area contributed by atoms with Crippen LogP contribution in [-0.4, -0.2) is 14.8 Å². The monoisotopic (exact) mass is 377 g/mol. The van der Waals surface area contributed by atoms with Gasteiger partial charge < -0.3 is 10.2 Å². The van der Waals surface area contributed by atoms with Crippen LogP contribution >= 0.6 is 0 Å². The van der Waals surface area contributed by atoms with Gasteiger partial charge in [-0.3, -0.25) is 4.57 Å². The molecule has 0 amide bonds. The molecule has 1 atom stereocenters. The molecule has 1 unspecified atom stereocenters. The predicted octanol–water partition coefficient (Wildman–Crippen LogP) is 7.89. The van der Waals surface area contributed by atoms with Gasteiger partial charge in [-0.2, -0.15) is 0 Å². The summed E-state index contributed by atoms with van der Waals surface area (Å²) < 4.78 is 1.69. The predicted molar refractivity (Wildman–Crippen MR) is 117 cm³/mol. The quantitative estimate of drug-likeness (QED) is 0.227. The number of nitrogens with zero attached hydrogens (tertiary/aromatic N) is 1. The van der Waals surface area contributed by atoms with Crippen LogP contribution in [0.15, 0.2) is 23.8 Å². The first kappa shape index (κ1) is 23.7. The first-order chi connectivity index (χ1) is 13.1. The normalized spacial score (nSPS) is 13.2. The highest BCUT2D eigenvalue weighted by Crippen LogP contribution is 2.34. The summed E-state index contributed by atoms with van der Waals surface area (Å²) >= 11 is 0. The summed E-state index contributed by atoms with van der Waals surface area (Å²) in [4.78, 5) is 0. The van der Waals surface area contributed by atoms with Crippen LogP contribution in [0.2, 0.25) is 0 Å². The molecule has 27 heavy (non-hydrogen) atoms. The molecular formula is C24H43NO2. The molecule has 1 heterocycles. The molecule has 0 aliphatic rings. The summed E-state index contributed by atoms with van der Waals surface area (Å²) in [7, 11) is 0. The van der Waals surface area contributed by atoms with Crippen LogP contribution < -0.4 is 0 Å². The van der Waals surface area contributed by atoms with Gasteiger partial charge in [0.1, 0.15) is 0 Å². The van der Waals surface area contributed by atoms with Crippen molar-refractivity contribution in [3.8, 4) is 11.8 Å². The van der Waals surface area contributed by atoms with Gasteiger partial charge in [0, 0.05) is 12.1 Å². The van der Waals surface area contributed by atoms with Crippen molar-refractivity contribution in [1.82, 2.24) is 4.57 Å². The minimum atomic E-state index is 0.0614. The average Bonchev–Trinajstić information content (AvgIpc) is 2.99. The highest BCUT2D eigenvalue weighted by atomic mass is 16.3. The van der Waals surface area contributed by atoms with Crippen LogP contribution in [0.3, 0.4) is 0 Å². The Balaban J connectivity index is 2.53. The van der Waals surface area contributed by atoms with Crippen LogP contribution in [0.25, 0.3) is 0 Å². The van der Waals surface area contributed by atoms with E-state index in [4.69, 9.17) is 0 Å². The van der Waals surface area contributed by atoms with Gasteiger partial charge >= 0.3 is 0 Å². The molecule has 3 nitrogen and oxygen atoms in total. The Hall–Kier alpha value is -1.38. The Morgan fingerprint density at radius 3 is 1.85 bits per heavy atom. The molecule has 3 heteroatoms. The van der Waals surface area contributed by atoms with E-state index in [2.05, 4.69) is 26.8 Å². The molecule has 1 rings (SSSR count). The van der Waals surface area contributed by atoms with Gasteiger partial charge in [-0.1, -0.05) is 96.1 Å². The van der Waals surface area contributed by atoms with Gasteiger partial charge in [0.25, 0.3) is 0 Å². The van der Waals surface area contributed by atoms with E-state index in [0.717, 1.165) is 19.3 Å². The number of aromatic hydroxyl groups is 2. The Bertz CT molecular complexity index is 499. The molecule has 0 radical (unpaired) electrons. The molecule has 0 bridgehead atoms. The first-order valence-corrected chi connectivity index (χ1v) is 11.4. The van der Waals surface area contributed by atoms with Crippen molar-refractivity contribution in [3.05, 3.63) is 23.8 Å². The van der Waals surface area contributed by atoms with E-state index in [1.807, 2.05) is 0 Å². The Morgan fingerprint density at radius 2 is 1.30 bits per heavy atom. The number of rotatable bonds is 16. The third-order valence-electron chi connectivity index (χ3n) is 5.57. The second-order valence-electron chi connectivity index (χ2n) is 8.00. The Labute approximate surface area is 167 Å². The number of hydrogen-bond donors (Lipinski definition) is 2. The lowest BCUT2D eigenvalue weighted by atomic mass is 9.98. The maximum Gasteiger partial charge on any atom is 0.194 e. The lowest BCUT2D eigenvalue weighted by Gasteiger charge is -2.22. The number of aromatic nitrogens is 1. The number of unbranched alkanes of at least 4 members (excludes halogenated alkanes) is 11. The van der Waals surface area contributed by atoms with Gasteiger partial charge in [0.15, 0.2) is 11.8 Å². The van der Waals surface area contributed by atoms with E-state index < -0.39 is 0 Å². The molecule has 1 aromatic heterocycles. The van der Waals surface area contributed by atoms with E-state index >= 15 is 0 Å². The fourth-order valence-corrected chi connectivity index (χ4v) is 3.82. The van der Waals surface area contributed by atoms with Crippen molar-refractivity contribution in [1.29, 1.82) is 0 Å². The van der Waals surface area contributed by atoms with Crippen LogP contribution in [0.4, 0.5) is 0 Å². The summed E-state index contributed by atoms with van der Waals surface area (Å²) in [6, 6.07) is 3.24. The van der Waals surface area contributed by atoms with Crippen molar-refractivity contribution in [2.24, 2.45) is 0 Å². The molecular weight excluding hydrogens is 334 g/mol. The van der Waals surface area contributed by atoms with Crippen molar-refractivity contribution < 1.29 is 10.2 Å². The lowest BCUT2D eigenvalue weighted by molar-refractivity contribution is 0.336. The van der Waals surface area contributed by atoms with Gasteiger partial charge in [0.2, 0.25) is 0 Å². The van der Waals surface area contributed by atoms with Crippen molar-refractivity contribution in [3.63, 3.8) is 0 Å². The number of hydrogen-bond acceptors (Lipinski definition) is 2. The van der Waals surface area contributed by atoms with Crippen molar-refractivity contribution >= 4 is 0 Å². The summed E-state index contributed by atoms with van der Waals surface area (Å²) in [6.07, 6.45) is 19.8. The Kier molecular flexibility index (Phi) is 12.8. The van der Waals surface area contributed by atoms with Crippen LogP contribution in [0.1, 0.15) is 117 Å². The lowest BCUT2D eigenvalue weighted by Crippen LogP contribution is -2.10. The average molecular weight is 378 g/mol. The van der Waals surface area contributed by atoms with Gasteiger partial charge in [-0.15, -0.1) is 0 Å². The maximum absolute atomic E-state index is 10.2. The zero-order valence-corrected chi connectivity index (χ0v) is 18.1. The summed E-state index contributed by atoms with van der Waals surface area (Å²) in [5.41, 5.74) is 1.26. The molecule has 1 aromatic rings.